The fraction of sp³-hybridized carbons (Fsp3) is 0.471. The van der Waals surface area contributed by atoms with Crippen molar-refractivity contribution in [1.29, 1.82) is 0 Å². The molecule has 8 nitrogen and oxygen atoms in total. The van der Waals surface area contributed by atoms with E-state index < -0.39 is 0 Å². The second kappa shape index (κ2) is 5.37. The van der Waals surface area contributed by atoms with Crippen LogP contribution in [0.5, 0.6) is 0 Å². The van der Waals surface area contributed by atoms with Crippen molar-refractivity contribution in [3.8, 4) is 0 Å². The van der Waals surface area contributed by atoms with Crippen molar-refractivity contribution in [2.75, 3.05) is 18.0 Å². The monoisotopic (exact) mass is 337 g/mol. The van der Waals surface area contributed by atoms with Gasteiger partial charge in [0.1, 0.15) is 11.2 Å². The SMILES string of the molecule is CC(=O)c1cn(C2CN(c3nccn4nc(C5CCC5)cc34)C2)nn1. The standard InChI is InChI=1S/C17H19N7O/c1-11(25)15-10-24(21-19-15)13-8-22(9-13)17-16-7-14(12-3-2-4-12)20-23(16)6-5-18-17/h5-7,10,12-13H,2-4,8-9H2,1H3. The van der Waals surface area contributed by atoms with Crippen molar-refractivity contribution in [3.63, 3.8) is 0 Å². The third-order valence-electron chi connectivity index (χ3n) is 5.32. The Morgan fingerprint density at radius 2 is 2.12 bits per heavy atom. The van der Waals surface area contributed by atoms with E-state index in [1.807, 2.05) is 10.7 Å². The smallest absolute Gasteiger partial charge is 0.181 e. The van der Waals surface area contributed by atoms with Crippen LogP contribution >= 0.6 is 0 Å². The molecular formula is C17H19N7O. The molecule has 1 saturated carbocycles. The second-order valence-corrected chi connectivity index (χ2v) is 6.98. The molecule has 4 heterocycles. The quantitative estimate of drug-likeness (QED) is 0.676. The predicted octanol–water partition coefficient (Wildman–Crippen LogP) is 1.85. The van der Waals surface area contributed by atoms with Crippen LogP contribution in [0.1, 0.15) is 54.3 Å². The minimum absolute atomic E-state index is 0.0587. The molecule has 0 spiro atoms. The molecule has 1 aliphatic heterocycles. The number of Topliss-reactive ketones (excluding diaryl/α,β-unsaturated/α-hetero) is 1. The summed E-state index contributed by atoms with van der Waals surface area (Å²) >= 11 is 0. The first kappa shape index (κ1) is 14.6. The molecule has 0 bridgehead atoms. The number of ketones is 1. The highest BCUT2D eigenvalue weighted by atomic mass is 16.1. The first-order valence-corrected chi connectivity index (χ1v) is 8.71. The van der Waals surface area contributed by atoms with E-state index >= 15 is 0 Å². The zero-order valence-corrected chi connectivity index (χ0v) is 14.0. The molecule has 0 amide bonds. The molecule has 0 aromatic carbocycles. The fourth-order valence-electron chi connectivity index (χ4n) is 3.49. The van der Waals surface area contributed by atoms with Crippen molar-refractivity contribution in [3.05, 3.63) is 36.0 Å². The molecule has 0 N–H and O–H groups in total. The number of aromatic nitrogens is 6. The van der Waals surface area contributed by atoms with Gasteiger partial charge >= 0.3 is 0 Å². The number of rotatable bonds is 4. The van der Waals surface area contributed by atoms with Crippen LogP contribution in [-0.2, 0) is 0 Å². The molecule has 8 heteroatoms. The normalized spacial score (nSPS) is 18.4. The van der Waals surface area contributed by atoms with Gasteiger partial charge in [0.05, 0.1) is 17.9 Å². The van der Waals surface area contributed by atoms with Crippen LogP contribution in [0, 0.1) is 0 Å². The van der Waals surface area contributed by atoms with Gasteiger partial charge in [-0.25, -0.2) is 14.2 Å². The summed E-state index contributed by atoms with van der Waals surface area (Å²) in [5.41, 5.74) is 2.66. The Kier molecular flexibility index (Phi) is 3.13. The lowest BCUT2D eigenvalue weighted by molar-refractivity contribution is 0.101. The van der Waals surface area contributed by atoms with Crippen LogP contribution in [-0.4, -0.2) is 48.5 Å². The lowest BCUT2D eigenvalue weighted by Crippen LogP contribution is -2.48. The molecule has 0 radical (unpaired) electrons. The van der Waals surface area contributed by atoms with Gasteiger partial charge in [-0.3, -0.25) is 4.79 Å². The molecule has 1 aliphatic carbocycles. The average molecular weight is 337 g/mol. The van der Waals surface area contributed by atoms with Gasteiger partial charge in [-0.2, -0.15) is 5.10 Å². The summed E-state index contributed by atoms with van der Waals surface area (Å²) in [6.45, 7) is 3.11. The first-order chi connectivity index (χ1) is 12.2. The zero-order chi connectivity index (χ0) is 17.0. The van der Waals surface area contributed by atoms with Crippen molar-refractivity contribution >= 4 is 17.1 Å². The highest BCUT2D eigenvalue weighted by Crippen LogP contribution is 2.37. The van der Waals surface area contributed by atoms with E-state index in [-0.39, 0.29) is 11.8 Å². The second-order valence-electron chi connectivity index (χ2n) is 6.98. The number of fused-ring (bicyclic) bond motifs is 1. The largest absolute Gasteiger partial charge is 0.350 e. The lowest BCUT2D eigenvalue weighted by atomic mass is 9.83. The predicted molar refractivity (Wildman–Crippen MR) is 90.9 cm³/mol. The van der Waals surface area contributed by atoms with Crippen LogP contribution in [0.15, 0.2) is 24.7 Å². The van der Waals surface area contributed by atoms with E-state index in [0.717, 1.165) is 24.4 Å². The summed E-state index contributed by atoms with van der Waals surface area (Å²) in [5.74, 6) is 1.51. The Labute approximate surface area is 144 Å². The lowest BCUT2D eigenvalue weighted by Gasteiger charge is -2.39. The summed E-state index contributed by atoms with van der Waals surface area (Å²) in [6.07, 6.45) is 9.22. The Hall–Kier alpha value is -2.77. The van der Waals surface area contributed by atoms with Gasteiger partial charge in [-0.05, 0) is 18.9 Å². The highest BCUT2D eigenvalue weighted by Gasteiger charge is 2.32. The molecule has 0 unspecified atom stereocenters. The molecular weight excluding hydrogens is 318 g/mol. The minimum Gasteiger partial charge on any atom is -0.350 e. The number of hydrogen-bond acceptors (Lipinski definition) is 6. The van der Waals surface area contributed by atoms with E-state index in [9.17, 15) is 4.79 Å². The van der Waals surface area contributed by atoms with Crippen LogP contribution in [0.25, 0.3) is 5.52 Å². The van der Waals surface area contributed by atoms with E-state index in [4.69, 9.17) is 5.10 Å². The van der Waals surface area contributed by atoms with Gasteiger partial charge in [-0.15, -0.1) is 5.10 Å². The fourth-order valence-corrected chi connectivity index (χ4v) is 3.49. The summed E-state index contributed by atoms with van der Waals surface area (Å²) in [4.78, 5) is 18.2. The zero-order valence-electron chi connectivity index (χ0n) is 14.0. The number of hydrogen-bond donors (Lipinski definition) is 0. The van der Waals surface area contributed by atoms with E-state index in [0.29, 0.717) is 11.6 Å². The van der Waals surface area contributed by atoms with Gasteiger partial charge in [0.25, 0.3) is 0 Å². The van der Waals surface area contributed by atoms with Gasteiger partial charge < -0.3 is 4.90 Å². The van der Waals surface area contributed by atoms with Gasteiger partial charge in [-0.1, -0.05) is 11.6 Å². The van der Waals surface area contributed by atoms with Gasteiger partial charge in [0, 0.05) is 38.3 Å². The number of nitrogens with zero attached hydrogens (tertiary/aromatic N) is 7. The summed E-state index contributed by atoms with van der Waals surface area (Å²) < 4.78 is 3.72. The van der Waals surface area contributed by atoms with Crippen molar-refractivity contribution in [2.45, 2.75) is 38.1 Å². The Morgan fingerprint density at radius 3 is 2.80 bits per heavy atom. The number of anilines is 1. The molecule has 2 fully saturated rings. The van der Waals surface area contributed by atoms with Crippen molar-refractivity contribution in [1.82, 2.24) is 29.6 Å². The van der Waals surface area contributed by atoms with E-state index in [1.165, 1.54) is 31.9 Å². The van der Waals surface area contributed by atoms with E-state index in [1.54, 1.807) is 17.1 Å². The first-order valence-electron chi connectivity index (χ1n) is 8.71. The topological polar surface area (TPSA) is 81.2 Å². The minimum atomic E-state index is -0.0587. The third-order valence-corrected chi connectivity index (χ3v) is 5.32. The van der Waals surface area contributed by atoms with E-state index in [2.05, 4.69) is 26.3 Å². The molecule has 0 atom stereocenters. The highest BCUT2D eigenvalue weighted by molar-refractivity contribution is 5.91. The van der Waals surface area contributed by atoms with Crippen LogP contribution in [0.3, 0.4) is 0 Å². The number of carbonyl (C=O) groups is 1. The maximum absolute atomic E-state index is 11.4. The Morgan fingerprint density at radius 1 is 1.28 bits per heavy atom. The molecule has 25 heavy (non-hydrogen) atoms. The Balaban J connectivity index is 1.37. The van der Waals surface area contributed by atoms with Crippen LogP contribution in [0.2, 0.25) is 0 Å². The molecule has 3 aromatic heterocycles. The molecule has 3 aromatic rings. The number of carbonyl (C=O) groups excluding carboxylic acids is 1. The maximum Gasteiger partial charge on any atom is 0.181 e. The van der Waals surface area contributed by atoms with Crippen LogP contribution < -0.4 is 4.90 Å². The van der Waals surface area contributed by atoms with Gasteiger partial charge in [0.2, 0.25) is 0 Å². The molecule has 128 valence electrons. The summed E-state index contributed by atoms with van der Waals surface area (Å²) in [7, 11) is 0. The van der Waals surface area contributed by atoms with Crippen LogP contribution in [0.4, 0.5) is 5.82 Å². The Bertz CT molecular complexity index is 949. The average Bonchev–Trinajstić information content (AvgIpc) is 3.11. The molecule has 1 saturated heterocycles. The van der Waals surface area contributed by atoms with Gasteiger partial charge in [0.15, 0.2) is 11.6 Å². The summed E-state index contributed by atoms with van der Waals surface area (Å²) in [5, 5.41) is 12.7. The van der Waals surface area contributed by atoms with Crippen molar-refractivity contribution < 1.29 is 4.79 Å². The molecule has 2 aliphatic rings. The third kappa shape index (κ3) is 2.32. The maximum atomic E-state index is 11.4. The summed E-state index contributed by atoms with van der Waals surface area (Å²) in [6, 6.07) is 2.40. The van der Waals surface area contributed by atoms with Crippen molar-refractivity contribution in [2.24, 2.45) is 0 Å². The molecule has 5 rings (SSSR count).